The topological polar surface area (TPSA) is 83.8 Å². The van der Waals surface area contributed by atoms with Crippen molar-refractivity contribution in [3.8, 4) is 0 Å². The summed E-state index contributed by atoms with van der Waals surface area (Å²) in [5.41, 5.74) is 8.18. The summed E-state index contributed by atoms with van der Waals surface area (Å²) in [7, 11) is 0. The Balaban J connectivity index is 2.12. The van der Waals surface area contributed by atoms with Crippen molar-refractivity contribution in [2.24, 2.45) is 5.73 Å². The van der Waals surface area contributed by atoms with E-state index in [0.29, 0.717) is 12.2 Å². The number of amides is 1. The Hall–Kier alpha value is -1.36. The van der Waals surface area contributed by atoms with Gasteiger partial charge >= 0.3 is 0 Å². The van der Waals surface area contributed by atoms with Crippen molar-refractivity contribution < 1.29 is 4.79 Å². The molecule has 2 rings (SSSR count). The monoisotopic (exact) mass is 208 g/mol. The number of hydrogen-bond acceptors (Lipinski definition) is 3. The van der Waals surface area contributed by atoms with E-state index < -0.39 is 0 Å². The van der Waals surface area contributed by atoms with E-state index in [0.717, 1.165) is 30.5 Å². The first-order chi connectivity index (χ1) is 7.22. The molecule has 4 N–H and O–H groups in total. The van der Waals surface area contributed by atoms with Gasteiger partial charge in [-0.1, -0.05) is 0 Å². The zero-order valence-corrected chi connectivity index (χ0v) is 8.84. The first-order valence-electron chi connectivity index (χ1n) is 5.29. The highest BCUT2D eigenvalue weighted by molar-refractivity contribution is 5.94. The number of carbonyl (C=O) groups is 1. The van der Waals surface area contributed by atoms with Crippen LogP contribution in [0.5, 0.6) is 0 Å². The van der Waals surface area contributed by atoms with E-state index >= 15 is 0 Å². The third-order valence-corrected chi connectivity index (χ3v) is 2.75. The lowest BCUT2D eigenvalue weighted by atomic mass is 10.2. The molecule has 0 unspecified atom stereocenters. The average Bonchev–Trinajstić information content (AvgIpc) is 2.77. The van der Waals surface area contributed by atoms with Crippen LogP contribution in [0, 0.1) is 0 Å². The van der Waals surface area contributed by atoms with Crippen LogP contribution in [-0.4, -0.2) is 28.7 Å². The maximum absolute atomic E-state index is 11.8. The maximum Gasteiger partial charge on any atom is 0.272 e. The quantitative estimate of drug-likeness (QED) is 0.652. The largest absolute Gasteiger partial charge is 0.347 e. The lowest BCUT2D eigenvalue weighted by molar-refractivity contribution is 0.0935. The molecule has 1 amide bonds. The van der Waals surface area contributed by atoms with Crippen LogP contribution in [0.4, 0.5) is 0 Å². The summed E-state index contributed by atoms with van der Waals surface area (Å²) in [5, 5.41) is 9.78. The molecule has 5 heteroatoms. The fourth-order valence-corrected chi connectivity index (χ4v) is 1.86. The summed E-state index contributed by atoms with van der Waals surface area (Å²) in [4.78, 5) is 11.8. The minimum absolute atomic E-state index is 0.00810. The number of nitrogens with two attached hydrogens (primary N) is 1. The maximum atomic E-state index is 11.8. The summed E-state index contributed by atoms with van der Waals surface area (Å²) < 4.78 is 0. The summed E-state index contributed by atoms with van der Waals surface area (Å²) in [6.45, 7) is 2.32. The second kappa shape index (κ2) is 4.02. The minimum Gasteiger partial charge on any atom is -0.347 e. The first kappa shape index (κ1) is 10.2. The van der Waals surface area contributed by atoms with Crippen molar-refractivity contribution in [2.75, 3.05) is 6.54 Å². The van der Waals surface area contributed by atoms with Crippen LogP contribution >= 0.6 is 0 Å². The van der Waals surface area contributed by atoms with E-state index in [9.17, 15) is 4.79 Å². The second-order valence-electron chi connectivity index (χ2n) is 3.99. The van der Waals surface area contributed by atoms with Crippen LogP contribution in [-0.2, 0) is 12.8 Å². The highest BCUT2D eigenvalue weighted by Gasteiger charge is 2.23. The number of hydrogen-bond donors (Lipinski definition) is 3. The van der Waals surface area contributed by atoms with Gasteiger partial charge in [0.15, 0.2) is 5.69 Å². The van der Waals surface area contributed by atoms with Gasteiger partial charge in [-0.15, -0.1) is 0 Å². The number of H-pyrrole nitrogens is 1. The van der Waals surface area contributed by atoms with Gasteiger partial charge in [-0.2, -0.15) is 5.10 Å². The molecule has 1 aliphatic carbocycles. The van der Waals surface area contributed by atoms with Gasteiger partial charge in [0.25, 0.3) is 5.91 Å². The summed E-state index contributed by atoms with van der Waals surface area (Å²) >= 11 is 0. The van der Waals surface area contributed by atoms with Crippen LogP contribution in [0.2, 0.25) is 0 Å². The summed E-state index contributed by atoms with van der Waals surface area (Å²) in [6, 6.07) is -0.00810. The van der Waals surface area contributed by atoms with Gasteiger partial charge in [0, 0.05) is 23.8 Å². The third kappa shape index (κ3) is 1.87. The molecular formula is C10H16N4O. The minimum atomic E-state index is -0.118. The molecule has 0 spiro atoms. The molecule has 0 saturated heterocycles. The molecule has 5 nitrogen and oxygen atoms in total. The predicted molar refractivity (Wildman–Crippen MR) is 56.6 cm³/mol. The van der Waals surface area contributed by atoms with E-state index in [1.54, 1.807) is 0 Å². The number of aryl methyl sites for hydroxylation is 1. The zero-order valence-electron chi connectivity index (χ0n) is 8.84. The van der Waals surface area contributed by atoms with Crippen molar-refractivity contribution in [3.63, 3.8) is 0 Å². The molecular weight excluding hydrogens is 192 g/mol. The van der Waals surface area contributed by atoms with Gasteiger partial charge in [0.1, 0.15) is 0 Å². The Morgan fingerprint density at radius 1 is 1.67 bits per heavy atom. The molecule has 1 aromatic rings. The SMILES string of the molecule is C[C@H](CN)NC(=O)c1n[nH]c2c1CCC2. The Labute approximate surface area is 88.4 Å². The number of nitrogens with one attached hydrogen (secondary N) is 2. The normalized spacial score (nSPS) is 16.1. The Morgan fingerprint density at radius 2 is 2.47 bits per heavy atom. The molecule has 0 saturated carbocycles. The van der Waals surface area contributed by atoms with Gasteiger partial charge in [0.05, 0.1) is 0 Å². The third-order valence-electron chi connectivity index (χ3n) is 2.75. The lowest BCUT2D eigenvalue weighted by Gasteiger charge is -2.10. The number of nitrogens with zero attached hydrogens (tertiary/aromatic N) is 1. The summed E-state index contributed by atoms with van der Waals surface area (Å²) in [5.74, 6) is -0.118. The zero-order chi connectivity index (χ0) is 10.8. The van der Waals surface area contributed by atoms with Crippen molar-refractivity contribution in [2.45, 2.75) is 32.2 Å². The van der Waals surface area contributed by atoms with Crippen LogP contribution in [0.1, 0.15) is 35.1 Å². The molecule has 1 aromatic heterocycles. The Bertz CT molecular complexity index is 371. The Kier molecular flexibility index (Phi) is 2.73. The lowest BCUT2D eigenvalue weighted by Crippen LogP contribution is -2.38. The molecule has 0 aromatic carbocycles. The first-order valence-corrected chi connectivity index (χ1v) is 5.29. The average molecular weight is 208 g/mol. The van der Waals surface area contributed by atoms with E-state index in [1.165, 1.54) is 0 Å². The standard InChI is InChI=1S/C10H16N4O/c1-6(5-11)12-10(15)9-7-3-2-4-8(7)13-14-9/h6H,2-5,11H2,1H3,(H,12,15)(H,13,14)/t6-/m1/s1. The molecule has 0 radical (unpaired) electrons. The number of rotatable bonds is 3. The van der Waals surface area contributed by atoms with Crippen LogP contribution in [0.3, 0.4) is 0 Å². The van der Waals surface area contributed by atoms with E-state index in [2.05, 4.69) is 15.5 Å². The molecule has 1 aliphatic rings. The molecule has 15 heavy (non-hydrogen) atoms. The molecule has 1 heterocycles. The highest BCUT2D eigenvalue weighted by atomic mass is 16.2. The number of aromatic amines is 1. The van der Waals surface area contributed by atoms with Crippen molar-refractivity contribution in [1.29, 1.82) is 0 Å². The molecule has 0 bridgehead atoms. The number of fused-ring (bicyclic) bond motifs is 1. The van der Waals surface area contributed by atoms with Crippen molar-refractivity contribution >= 4 is 5.91 Å². The van der Waals surface area contributed by atoms with Crippen molar-refractivity contribution in [1.82, 2.24) is 15.5 Å². The van der Waals surface area contributed by atoms with E-state index in [4.69, 9.17) is 5.73 Å². The summed E-state index contributed by atoms with van der Waals surface area (Å²) in [6.07, 6.45) is 3.06. The van der Waals surface area contributed by atoms with Gasteiger partial charge < -0.3 is 11.1 Å². The van der Waals surface area contributed by atoms with Gasteiger partial charge in [-0.3, -0.25) is 9.89 Å². The van der Waals surface area contributed by atoms with Gasteiger partial charge in [-0.25, -0.2) is 0 Å². The highest BCUT2D eigenvalue weighted by Crippen LogP contribution is 2.22. The van der Waals surface area contributed by atoms with Crippen LogP contribution < -0.4 is 11.1 Å². The Morgan fingerprint density at radius 3 is 3.20 bits per heavy atom. The molecule has 1 atom stereocenters. The van der Waals surface area contributed by atoms with Crippen LogP contribution in [0.15, 0.2) is 0 Å². The van der Waals surface area contributed by atoms with E-state index in [-0.39, 0.29) is 11.9 Å². The van der Waals surface area contributed by atoms with Gasteiger partial charge in [0.2, 0.25) is 0 Å². The van der Waals surface area contributed by atoms with Gasteiger partial charge in [-0.05, 0) is 26.2 Å². The molecule has 0 fully saturated rings. The number of carbonyl (C=O) groups excluding carboxylic acids is 1. The van der Waals surface area contributed by atoms with E-state index in [1.807, 2.05) is 6.92 Å². The smallest absolute Gasteiger partial charge is 0.272 e. The molecule has 0 aliphatic heterocycles. The van der Waals surface area contributed by atoms with Crippen LogP contribution in [0.25, 0.3) is 0 Å². The van der Waals surface area contributed by atoms with Crippen molar-refractivity contribution in [3.05, 3.63) is 17.0 Å². The second-order valence-corrected chi connectivity index (χ2v) is 3.99. The fourth-order valence-electron chi connectivity index (χ4n) is 1.86. The predicted octanol–water partition coefficient (Wildman–Crippen LogP) is -0.0246. The fraction of sp³-hybridized carbons (Fsp3) is 0.600. The molecule has 82 valence electrons. The number of aromatic nitrogens is 2.